The van der Waals surface area contributed by atoms with Gasteiger partial charge in [0.1, 0.15) is 5.82 Å². The maximum atomic E-state index is 15.8. The first-order chi connectivity index (χ1) is 13.9. The smallest absolute Gasteiger partial charge is 0.203 e. The molecule has 0 radical (unpaired) electrons. The summed E-state index contributed by atoms with van der Waals surface area (Å²) in [5, 5.41) is -0.319. The van der Waals surface area contributed by atoms with Crippen LogP contribution in [0.5, 0.6) is 0 Å². The fourth-order valence-corrected chi connectivity index (χ4v) is 5.76. The molecule has 2 aromatic heterocycles. The summed E-state index contributed by atoms with van der Waals surface area (Å²) in [4.78, 5) is 26.6. The number of ketones is 1. The van der Waals surface area contributed by atoms with Gasteiger partial charge in [0.15, 0.2) is 11.6 Å². The highest BCUT2D eigenvalue weighted by atomic mass is 32.1. The number of carbonyl (C=O) groups excluding carboxylic acids is 1. The number of hydrogen-bond acceptors (Lipinski definition) is 3. The molecule has 0 bridgehead atoms. The van der Waals surface area contributed by atoms with Crippen LogP contribution in [-0.2, 0) is 6.42 Å². The van der Waals surface area contributed by atoms with Gasteiger partial charge in [-0.25, -0.2) is 8.78 Å². The van der Waals surface area contributed by atoms with Crippen LogP contribution in [-0.4, -0.2) is 10.4 Å². The van der Waals surface area contributed by atoms with Crippen LogP contribution in [0.4, 0.5) is 8.78 Å². The van der Waals surface area contributed by atoms with Gasteiger partial charge >= 0.3 is 0 Å². The zero-order valence-corrected chi connectivity index (χ0v) is 17.2. The summed E-state index contributed by atoms with van der Waals surface area (Å²) in [7, 11) is 0. The van der Waals surface area contributed by atoms with Gasteiger partial charge in [0.05, 0.1) is 16.5 Å². The molecule has 1 aromatic carbocycles. The Morgan fingerprint density at radius 3 is 2.62 bits per heavy atom. The summed E-state index contributed by atoms with van der Waals surface area (Å²) in [5.74, 6) is -1.35. The number of carbonyl (C=O) groups is 1. The molecule has 1 atom stereocenters. The number of Topliss-reactive ketones (excluding diaryl/α,β-unsaturated/α-hetero) is 1. The molecule has 1 unspecified atom stereocenters. The van der Waals surface area contributed by atoms with Gasteiger partial charge in [-0.3, -0.25) is 9.59 Å². The molecular weight excluding hydrogens is 392 g/mol. The number of aromatic nitrogens is 1. The highest BCUT2D eigenvalue weighted by molar-refractivity contribution is 7.15. The Balaban J connectivity index is 1.81. The Labute approximate surface area is 171 Å². The molecule has 2 aliphatic carbocycles. The zero-order chi connectivity index (χ0) is 20.4. The van der Waals surface area contributed by atoms with Gasteiger partial charge in [-0.1, -0.05) is 6.92 Å². The largest absolute Gasteiger partial charge is 0.341 e. The van der Waals surface area contributed by atoms with Crippen molar-refractivity contribution in [1.82, 2.24) is 4.57 Å². The lowest BCUT2D eigenvalue weighted by Crippen LogP contribution is -2.19. The number of fused-ring (bicyclic) bond motifs is 2. The van der Waals surface area contributed by atoms with E-state index in [0.29, 0.717) is 10.8 Å². The first-order valence-electron chi connectivity index (χ1n) is 10.1. The second-order valence-electron chi connectivity index (χ2n) is 8.30. The molecule has 3 aromatic rings. The van der Waals surface area contributed by atoms with Gasteiger partial charge in [-0.15, -0.1) is 11.3 Å². The van der Waals surface area contributed by atoms with E-state index in [1.54, 1.807) is 4.57 Å². The lowest BCUT2D eigenvalue weighted by atomic mass is 9.90. The Kier molecular flexibility index (Phi) is 4.24. The fourth-order valence-electron chi connectivity index (χ4n) is 4.46. The predicted octanol–water partition coefficient (Wildman–Crippen LogP) is 5.99. The SMILES string of the molecule is CC(=O)c1cn(C2CC2)c2c(F)c(-c3cc4c(s3)C(C)CCC4)cc(F)c2c1=O. The Morgan fingerprint density at radius 1 is 1.21 bits per heavy atom. The number of thiophene rings is 1. The summed E-state index contributed by atoms with van der Waals surface area (Å²) in [5.41, 5.74) is 0.584. The van der Waals surface area contributed by atoms with Crippen molar-refractivity contribution in [2.24, 2.45) is 0 Å². The minimum absolute atomic E-state index is 0.00286. The number of benzene rings is 1. The lowest BCUT2D eigenvalue weighted by Gasteiger charge is -2.17. The fraction of sp³-hybridized carbons (Fsp3) is 0.391. The molecule has 2 aliphatic rings. The lowest BCUT2D eigenvalue weighted by molar-refractivity contribution is 0.101. The maximum Gasteiger partial charge on any atom is 0.203 e. The van der Waals surface area contributed by atoms with Crippen molar-refractivity contribution < 1.29 is 13.6 Å². The average Bonchev–Trinajstić information content (AvgIpc) is 3.42. The van der Waals surface area contributed by atoms with Gasteiger partial charge in [-0.05, 0) is 62.6 Å². The molecule has 1 fully saturated rings. The van der Waals surface area contributed by atoms with E-state index >= 15 is 8.78 Å². The summed E-state index contributed by atoms with van der Waals surface area (Å²) in [6.45, 7) is 3.45. The molecule has 6 heteroatoms. The molecule has 0 N–H and O–H groups in total. The number of hydrogen-bond donors (Lipinski definition) is 0. The standard InChI is InChI=1S/C23H21F2NO2S/c1-11-4-3-5-13-8-18(29-23(11)13)15-9-17(24)19-21(20(15)25)26(14-6-7-14)10-16(12(2)27)22(19)28/h8-11,14H,3-7H2,1-2H3. The van der Waals surface area contributed by atoms with Gasteiger partial charge in [0.2, 0.25) is 5.43 Å². The van der Waals surface area contributed by atoms with E-state index in [0.717, 1.165) is 38.2 Å². The van der Waals surface area contributed by atoms with Crippen LogP contribution in [0.1, 0.15) is 72.3 Å². The van der Waals surface area contributed by atoms with E-state index < -0.39 is 22.8 Å². The monoisotopic (exact) mass is 413 g/mol. The topological polar surface area (TPSA) is 39.1 Å². The van der Waals surface area contributed by atoms with E-state index in [4.69, 9.17) is 0 Å². The second-order valence-corrected chi connectivity index (χ2v) is 9.39. The van der Waals surface area contributed by atoms with Crippen LogP contribution < -0.4 is 5.43 Å². The van der Waals surface area contributed by atoms with Crippen molar-refractivity contribution in [1.29, 1.82) is 0 Å². The van der Waals surface area contributed by atoms with E-state index in [9.17, 15) is 9.59 Å². The minimum atomic E-state index is -0.765. The van der Waals surface area contributed by atoms with Gasteiger partial charge in [0.25, 0.3) is 0 Å². The first kappa shape index (κ1) is 18.7. The average molecular weight is 413 g/mol. The van der Waals surface area contributed by atoms with Gasteiger partial charge in [0, 0.05) is 27.6 Å². The van der Waals surface area contributed by atoms with E-state index in [1.807, 2.05) is 6.07 Å². The summed E-state index contributed by atoms with van der Waals surface area (Å²) in [6.07, 6.45) is 6.24. The molecule has 5 rings (SSSR count). The number of halogens is 2. The molecule has 0 aliphatic heterocycles. The number of rotatable bonds is 3. The van der Waals surface area contributed by atoms with Crippen molar-refractivity contribution in [3.05, 3.63) is 56.2 Å². The van der Waals surface area contributed by atoms with E-state index in [2.05, 4.69) is 6.92 Å². The van der Waals surface area contributed by atoms with E-state index in [-0.39, 0.29) is 28.1 Å². The van der Waals surface area contributed by atoms with Crippen molar-refractivity contribution in [3.63, 3.8) is 0 Å². The molecular formula is C23H21F2NO2S. The maximum absolute atomic E-state index is 15.8. The summed E-state index contributed by atoms with van der Waals surface area (Å²) < 4.78 is 32.5. The van der Waals surface area contributed by atoms with Gasteiger partial charge < -0.3 is 4.57 Å². The van der Waals surface area contributed by atoms with Crippen LogP contribution >= 0.6 is 11.3 Å². The number of nitrogens with zero attached hydrogens (tertiary/aromatic N) is 1. The van der Waals surface area contributed by atoms with Crippen molar-refractivity contribution in [2.75, 3.05) is 0 Å². The minimum Gasteiger partial charge on any atom is -0.341 e. The molecule has 0 saturated heterocycles. The molecule has 2 heterocycles. The summed E-state index contributed by atoms with van der Waals surface area (Å²) >= 11 is 1.52. The predicted molar refractivity (Wildman–Crippen MR) is 111 cm³/mol. The van der Waals surface area contributed by atoms with Crippen molar-refractivity contribution in [3.8, 4) is 10.4 Å². The quantitative estimate of drug-likeness (QED) is 0.495. The molecule has 0 amide bonds. The molecule has 3 nitrogen and oxygen atoms in total. The van der Waals surface area contributed by atoms with Crippen LogP contribution in [0, 0.1) is 11.6 Å². The second kappa shape index (κ2) is 6.59. The normalized spacial score (nSPS) is 18.8. The number of pyridine rings is 1. The third kappa shape index (κ3) is 2.88. The third-order valence-corrected chi connectivity index (χ3v) is 7.59. The van der Waals surface area contributed by atoms with Crippen LogP contribution in [0.3, 0.4) is 0 Å². The van der Waals surface area contributed by atoms with Crippen LogP contribution in [0.15, 0.2) is 23.1 Å². The Hall–Kier alpha value is -2.34. The third-order valence-electron chi connectivity index (χ3n) is 6.15. The summed E-state index contributed by atoms with van der Waals surface area (Å²) in [6, 6.07) is 3.10. The van der Waals surface area contributed by atoms with Gasteiger partial charge in [-0.2, -0.15) is 0 Å². The van der Waals surface area contributed by atoms with E-state index in [1.165, 1.54) is 34.9 Å². The number of aryl methyl sites for hydroxylation is 1. The van der Waals surface area contributed by atoms with Crippen molar-refractivity contribution in [2.45, 2.75) is 57.9 Å². The highest BCUT2D eigenvalue weighted by Gasteiger charge is 2.30. The van der Waals surface area contributed by atoms with Crippen LogP contribution in [0.25, 0.3) is 21.3 Å². The molecule has 29 heavy (non-hydrogen) atoms. The Bertz CT molecular complexity index is 1240. The first-order valence-corrected chi connectivity index (χ1v) is 10.9. The zero-order valence-electron chi connectivity index (χ0n) is 16.4. The highest BCUT2D eigenvalue weighted by Crippen LogP contribution is 2.44. The van der Waals surface area contributed by atoms with Crippen molar-refractivity contribution >= 4 is 28.0 Å². The molecule has 150 valence electrons. The Morgan fingerprint density at radius 2 is 1.97 bits per heavy atom. The molecule has 1 saturated carbocycles. The van der Waals surface area contributed by atoms with Crippen LogP contribution in [0.2, 0.25) is 0 Å². The molecule has 0 spiro atoms.